The molecule has 1 aromatic heterocycles. The van der Waals surface area contributed by atoms with Crippen molar-refractivity contribution in [2.75, 3.05) is 26.2 Å². The normalized spacial score (nSPS) is 13.7. The quantitative estimate of drug-likeness (QED) is 0.332. The van der Waals surface area contributed by atoms with Crippen LogP contribution in [-0.4, -0.2) is 47.1 Å². The number of hydrogen-bond donors (Lipinski definition) is 0. The minimum Gasteiger partial charge on any atom is -0.492 e. The summed E-state index contributed by atoms with van der Waals surface area (Å²) in [6, 6.07) is 17.7. The third-order valence-corrected chi connectivity index (χ3v) is 5.76. The van der Waals surface area contributed by atoms with Crippen LogP contribution in [0.5, 0.6) is 11.5 Å². The second kappa shape index (κ2) is 11.6. The summed E-state index contributed by atoms with van der Waals surface area (Å²) < 4.78 is 11.1. The molecule has 6 nitrogen and oxygen atoms in total. The fourth-order valence-electron chi connectivity index (χ4n) is 4.07. The van der Waals surface area contributed by atoms with E-state index in [0.717, 1.165) is 48.6 Å². The van der Waals surface area contributed by atoms with Crippen molar-refractivity contribution >= 4 is 5.97 Å². The summed E-state index contributed by atoms with van der Waals surface area (Å²) in [4.78, 5) is 22.7. The van der Waals surface area contributed by atoms with Crippen LogP contribution >= 0.6 is 0 Å². The Balaban J connectivity index is 1.29. The SMILES string of the molecule is CC(=O)Oc1ccc(CCCc2nccc(-c3cccc(OCCN4CCCC4)c3)n2)cc1. The lowest BCUT2D eigenvalue weighted by Gasteiger charge is -2.15. The molecule has 1 aliphatic rings. The van der Waals surface area contributed by atoms with Crippen LogP contribution in [0.2, 0.25) is 0 Å². The van der Waals surface area contributed by atoms with Crippen LogP contribution in [0, 0.1) is 0 Å². The minimum absolute atomic E-state index is 0.307. The van der Waals surface area contributed by atoms with Gasteiger partial charge in [-0.25, -0.2) is 9.97 Å². The summed E-state index contributed by atoms with van der Waals surface area (Å²) in [5.41, 5.74) is 3.15. The number of ether oxygens (including phenoxy) is 2. The number of esters is 1. The lowest BCUT2D eigenvalue weighted by molar-refractivity contribution is -0.131. The monoisotopic (exact) mass is 445 g/mol. The van der Waals surface area contributed by atoms with Gasteiger partial charge in [-0.2, -0.15) is 0 Å². The van der Waals surface area contributed by atoms with Crippen molar-refractivity contribution < 1.29 is 14.3 Å². The number of nitrogens with zero attached hydrogens (tertiary/aromatic N) is 3. The van der Waals surface area contributed by atoms with E-state index in [1.54, 1.807) is 0 Å². The maximum atomic E-state index is 11.0. The Morgan fingerprint density at radius 3 is 2.61 bits per heavy atom. The average molecular weight is 446 g/mol. The van der Waals surface area contributed by atoms with Gasteiger partial charge in [-0.1, -0.05) is 24.3 Å². The summed E-state index contributed by atoms with van der Waals surface area (Å²) in [6.07, 6.45) is 7.07. The molecule has 0 aliphatic carbocycles. The average Bonchev–Trinajstić information content (AvgIpc) is 3.34. The number of hydrogen-bond acceptors (Lipinski definition) is 6. The van der Waals surface area contributed by atoms with E-state index in [4.69, 9.17) is 14.5 Å². The smallest absolute Gasteiger partial charge is 0.308 e. The third-order valence-electron chi connectivity index (χ3n) is 5.76. The first kappa shape index (κ1) is 22.9. The highest BCUT2D eigenvalue weighted by Gasteiger charge is 2.11. The van der Waals surface area contributed by atoms with Gasteiger partial charge < -0.3 is 9.47 Å². The first-order valence-corrected chi connectivity index (χ1v) is 11.7. The number of rotatable bonds is 10. The molecule has 0 radical (unpaired) electrons. The molecule has 0 N–H and O–H groups in total. The summed E-state index contributed by atoms with van der Waals surface area (Å²) in [5, 5.41) is 0. The van der Waals surface area contributed by atoms with E-state index >= 15 is 0 Å². The lowest BCUT2D eigenvalue weighted by Crippen LogP contribution is -2.25. The molecule has 4 rings (SSSR count). The Bertz CT molecular complexity index is 1050. The molecule has 3 aromatic rings. The van der Waals surface area contributed by atoms with Gasteiger partial charge in [0, 0.05) is 31.6 Å². The Hall–Kier alpha value is -3.25. The first-order valence-electron chi connectivity index (χ1n) is 11.7. The van der Waals surface area contributed by atoms with E-state index in [0.29, 0.717) is 12.4 Å². The molecule has 0 saturated carbocycles. The van der Waals surface area contributed by atoms with Crippen molar-refractivity contribution in [2.45, 2.75) is 39.0 Å². The summed E-state index contributed by atoms with van der Waals surface area (Å²) in [6.45, 7) is 5.47. The maximum Gasteiger partial charge on any atom is 0.308 e. The van der Waals surface area contributed by atoms with Crippen LogP contribution in [0.1, 0.15) is 37.6 Å². The Kier molecular flexibility index (Phi) is 8.04. The van der Waals surface area contributed by atoms with Crippen molar-refractivity contribution in [3.8, 4) is 22.8 Å². The first-order chi connectivity index (χ1) is 16.2. The zero-order valence-electron chi connectivity index (χ0n) is 19.2. The molecule has 2 aromatic carbocycles. The van der Waals surface area contributed by atoms with Gasteiger partial charge in [0.2, 0.25) is 0 Å². The number of aryl methyl sites for hydroxylation is 2. The van der Waals surface area contributed by atoms with Gasteiger partial charge in [0.05, 0.1) is 5.69 Å². The van der Waals surface area contributed by atoms with E-state index in [9.17, 15) is 4.79 Å². The molecule has 33 heavy (non-hydrogen) atoms. The number of benzene rings is 2. The molecule has 1 aliphatic heterocycles. The summed E-state index contributed by atoms with van der Waals surface area (Å²) in [7, 11) is 0. The predicted octanol–water partition coefficient (Wildman–Crippen LogP) is 4.72. The number of likely N-dealkylation sites (tertiary alicyclic amines) is 1. The molecule has 0 bridgehead atoms. The van der Waals surface area contributed by atoms with Crippen LogP contribution in [0.4, 0.5) is 0 Å². The Morgan fingerprint density at radius 1 is 1.00 bits per heavy atom. The van der Waals surface area contributed by atoms with Crippen LogP contribution < -0.4 is 9.47 Å². The zero-order chi connectivity index (χ0) is 22.9. The molecule has 172 valence electrons. The molecule has 1 saturated heterocycles. The number of aromatic nitrogens is 2. The van der Waals surface area contributed by atoms with Crippen LogP contribution in [0.15, 0.2) is 60.8 Å². The second-order valence-corrected chi connectivity index (χ2v) is 8.37. The molecule has 1 fully saturated rings. The molecular formula is C27H31N3O3. The van der Waals surface area contributed by atoms with E-state index in [-0.39, 0.29) is 5.97 Å². The minimum atomic E-state index is -0.307. The molecule has 0 unspecified atom stereocenters. The van der Waals surface area contributed by atoms with E-state index in [1.165, 1.54) is 38.4 Å². The molecule has 0 amide bonds. The number of carbonyl (C=O) groups excluding carboxylic acids is 1. The van der Waals surface area contributed by atoms with Crippen LogP contribution in [0.3, 0.4) is 0 Å². The van der Waals surface area contributed by atoms with Gasteiger partial charge in [-0.15, -0.1) is 0 Å². The highest BCUT2D eigenvalue weighted by Crippen LogP contribution is 2.23. The van der Waals surface area contributed by atoms with Gasteiger partial charge in [0.25, 0.3) is 0 Å². The van der Waals surface area contributed by atoms with E-state index in [2.05, 4.69) is 22.0 Å². The lowest BCUT2D eigenvalue weighted by atomic mass is 10.1. The molecular weight excluding hydrogens is 414 g/mol. The largest absolute Gasteiger partial charge is 0.492 e. The fraction of sp³-hybridized carbons (Fsp3) is 0.370. The summed E-state index contributed by atoms with van der Waals surface area (Å²) >= 11 is 0. The van der Waals surface area contributed by atoms with Crippen LogP contribution in [0.25, 0.3) is 11.3 Å². The molecule has 6 heteroatoms. The van der Waals surface area contributed by atoms with Crippen molar-refractivity contribution in [1.82, 2.24) is 14.9 Å². The van der Waals surface area contributed by atoms with Gasteiger partial charge >= 0.3 is 5.97 Å². The van der Waals surface area contributed by atoms with Gasteiger partial charge in [-0.3, -0.25) is 9.69 Å². The number of carbonyl (C=O) groups is 1. The van der Waals surface area contributed by atoms with Crippen molar-refractivity contribution in [3.63, 3.8) is 0 Å². The fourth-order valence-corrected chi connectivity index (χ4v) is 4.07. The molecule has 0 spiro atoms. The molecule has 2 heterocycles. The van der Waals surface area contributed by atoms with Crippen LogP contribution in [-0.2, 0) is 17.6 Å². The second-order valence-electron chi connectivity index (χ2n) is 8.37. The zero-order valence-corrected chi connectivity index (χ0v) is 19.2. The van der Waals surface area contributed by atoms with Crippen molar-refractivity contribution in [3.05, 3.63) is 72.2 Å². The predicted molar refractivity (Wildman–Crippen MR) is 128 cm³/mol. The van der Waals surface area contributed by atoms with Gasteiger partial charge in [0.1, 0.15) is 23.9 Å². The third kappa shape index (κ3) is 7.12. The van der Waals surface area contributed by atoms with Crippen molar-refractivity contribution in [2.24, 2.45) is 0 Å². The summed E-state index contributed by atoms with van der Waals surface area (Å²) in [5.74, 6) is 1.98. The maximum absolute atomic E-state index is 11.0. The highest BCUT2D eigenvalue weighted by atomic mass is 16.5. The highest BCUT2D eigenvalue weighted by molar-refractivity contribution is 5.69. The van der Waals surface area contributed by atoms with Gasteiger partial charge in [-0.05, 0) is 74.7 Å². The topological polar surface area (TPSA) is 64.6 Å². The van der Waals surface area contributed by atoms with E-state index < -0.39 is 0 Å². The Morgan fingerprint density at radius 2 is 1.82 bits per heavy atom. The molecule has 0 atom stereocenters. The standard InChI is InChI=1S/C27H31N3O3/c1-21(31)33-24-12-10-22(11-13-24)6-4-9-27-28-15-14-26(29-27)23-7-5-8-25(20-23)32-19-18-30-16-2-3-17-30/h5,7-8,10-15,20H,2-4,6,9,16-19H2,1H3. The Labute approximate surface area is 195 Å². The van der Waals surface area contributed by atoms with Gasteiger partial charge in [0.15, 0.2) is 0 Å². The van der Waals surface area contributed by atoms with Crippen molar-refractivity contribution in [1.29, 1.82) is 0 Å². The van der Waals surface area contributed by atoms with E-state index in [1.807, 2.05) is 48.7 Å².